The Labute approximate surface area is 142 Å². The second-order valence-corrected chi connectivity index (χ2v) is 8.17. The molecule has 23 heavy (non-hydrogen) atoms. The quantitative estimate of drug-likeness (QED) is 0.783. The Bertz CT molecular complexity index is 844. The zero-order valence-electron chi connectivity index (χ0n) is 12.9. The monoisotopic (exact) mass is 347 g/mol. The Morgan fingerprint density at radius 3 is 2.57 bits per heavy atom. The third-order valence-corrected chi connectivity index (χ3v) is 6.26. The van der Waals surface area contributed by atoms with Gasteiger partial charge < -0.3 is 0 Å². The predicted molar refractivity (Wildman–Crippen MR) is 93.2 cm³/mol. The summed E-state index contributed by atoms with van der Waals surface area (Å²) in [4.78, 5) is 0.316. The van der Waals surface area contributed by atoms with Gasteiger partial charge in [0.25, 0.3) is 0 Å². The van der Waals surface area contributed by atoms with E-state index in [1.165, 1.54) is 4.31 Å². The van der Waals surface area contributed by atoms with Crippen LogP contribution < -0.4 is 0 Å². The molecule has 0 N–H and O–H groups in total. The van der Waals surface area contributed by atoms with Crippen molar-refractivity contribution in [1.82, 2.24) is 4.31 Å². The van der Waals surface area contributed by atoms with E-state index in [1.807, 2.05) is 37.3 Å². The molecule has 0 saturated heterocycles. The van der Waals surface area contributed by atoms with Gasteiger partial charge in [-0.05, 0) is 42.3 Å². The molecule has 1 unspecified atom stereocenters. The third kappa shape index (κ3) is 3.07. The first kappa shape index (κ1) is 16.2. The van der Waals surface area contributed by atoms with Crippen molar-refractivity contribution in [2.45, 2.75) is 24.3 Å². The first-order valence-corrected chi connectivity index (χ1v) is 9.21. The molecule has 0 aliphatic carbocycles. The largest absolute Gasteiger partial charge is 0.243 e. The van der Waals surface area contributed by atoms with Crippen LogP contribution in [0.1, 0.15) is 22.6 Å². The minimum absolute atomic E-state index is 0.0313. The van der Waals surface area contributed by atoms with Gasteiger partial charge in [0.1, 0.15) is 0 Å². The van der Waals surface area contributed by atoms with Gasteiger partial charge in [0.2, 0.25) is 10.0 Å². The smallest absolute Gasteiger partial charge is 0.207 e. The lowest BCUT2D eigenvalue weighted by molar-refractivity contribution is 0.375. The molecule has 2 aromatic rings. The summed E-state index contributed by atoms with van der Waals surface area (Å²) in [6.07, 6.45) is 1.80. The van der Waals surface area contributed by atoms with E-state index < -0.39 is 10.0 Å². The Hall–Kier alpha value is -1.62. The molecule has 5 heteroatoms. The molecular weight excluding hydrogens is 330 g/mol. The molecule has 0 radical (unpaired) electrons. The minimum Gasteiger partial charge on any atom is -0.207 e. The van der Waals surface area contributed by atoms with Gasteiger partial charge in [-0.15, -0.1) is 6.58 Å². The van der Waals surface area contributed by atoms with E-state index in [0.29, 0.717) is 23.0 Å². The van der Waals surface area contributed by atoms with Crippen LogP contribution in [0.3, 0.4) is 0 Å². The maximum Gasteiger partial charge on any atom is 0.243 e. The fraction of sp³-hybridized carbons (Fsp3) is 0.222. The first-order valence-electron chi connectivity index (χ1n) is 7.39. The Morgan fingerprint density at radius 1 is 1.22 bits per heavy atom. The third-order valence-electron chi connectivity index (χ3n) is 4.19. The van der Waals surface area contributed by atoms with Crippen LogP contribution >= 0.6 is 11.6 Å². The van der Waals surface area contributed by atoms with E-state index in [2.05, 4.69) is 6.58 Å². The van der Waals surface area contributed by atoms with Crippen LogP contribution in [-0.4, -0.2) is 19.3 Å². The van der Waals surface area contributed by atoms with Gasteiger partial charge in [-0.1, -0.05) is 41.4 Å². The lowest BCUT2D eigenvalue weighted by atomic mass is 9.91. The highest BCUT2D eigenvalue weighted by Crippen LogP contribution is 2.33. The zero-order chi connectivity index (χ0) is 16.6. The average molecular weight is 348 g/mol. The van der Waals surface area contributed by atoms with Crippen molar-refractivity contribution in [3.05, 3.63) is 76.8 Å². The highest BCUT2D eigenvalue weighted by Gasteiger charge is 2.32. The van der Waals surface area contributed by atoms with Crippen molar-refractivity contribution in [1.29, 1.82) is 0 Å². The Kier molecular flexibility index (Phi) is 4.32. The molecule has 3 rings (SSSR count). The van der Waals surface area contributed by atoms with E-state index in [0.717, 1.165) is 16.7 Å². The lowest BCUT2D eigenvalue weighted by Crippen LogP contribution is -2.37. The Balaban J connectivity index is 2.01. The molecule has 0 fully saturated rings. The summed E-state index contributed by atoms with van der Waals surface area (Å²) in [5, 5.41) is 0.612. The van der Waals surface area contributed by atoms with E-state index >= 15 is 0 Å². The lowest BCUT2D eigenvalue weighted by Gasteiger charge is -2.32. The number of aryl methyl sites for hydroxylation is 1. The predicted octanol–water partition coefficient (Wildman–Crippen LogP) is 4.12. The van der Waals surface area contributed by atoms with Crippen molar-refractivity contribution in [2.24, 2.45) is 0 Å². The summed E-state index contributed by atoms with van der Waals surface area (Å²) in [6, 6.07) is 12.6. The summed E-state index contributed by atoms with van der Waals surface area (Å²) in [5.74, 6) is -0.0313. The number of sulfonamides is 1. The fourth-order valence-electron chi connectivity index (χ4n) is 2.89. The van der Waals surface area contributed by atoms with E-state index in [-0.39, 0.29) is 5.92 Å². The highest BCUT2D eigenvalue weighted by atomic mass is 35.5. The number of rotatable bonds is 3. The topological polar surface area (TPSA) is 37.4 Å². The molecule has 1 aliphatic heterocycles. The summed E-state index contributed by atoms with van der Waals surface area (Å²) >= 11 is 6.07. The maximum atomic E-state index is 12.9. The summed E-state index contributed by atoms with van der Waals surface area (Å²) in [7, 11) is -3.53. The summed E-state index contributed by atoms with van der Waals surface area (Å²) in [6.45, 7) is 6.51. The molecular formula is C18H18ClNO2S. The van der Waals surface area contributed by atoms with Crippen LogP contribution in [0.5, 0.6) is 0 Å². The zero-order valence-corrected chi connectivity index (χ0v) is 14.4. The molecule has 1 aliphatic rings. The van der Waals surface area contributed by atoms with Crippen LogP contribution in [0.15, 0.2) is 60.0 Å². The van der Waals surface area contributed by atoms with Gasteiger partial charge in [-0.25, -0.2) is 8.42 Å². The van der Waals surface area contributed by atoms with Crippen molar-refractivity contribution in [2.75, 3.05) is 6.54 Å². The number of hydrogen-bond acceptors (Lipinski definition) is 2. The van der Waals surface area contributed by atoms with Crippen molar-refractivity contribution < 1.29 is 8.42 Å². The number of fused-ring (bicyclic) bond motifs is 1. The van der Waals surface area contributed by atoms with Crippen LogP contribution in [0.2, 0.25) is 5.02 Å². The highest BCUT2D eigenvalue weighted by molar-refractivity contribution is 7.89. The number of nitrogens with zero attached hydrogens (tertiary/aromatic N) is 1. The molecule has 1 heterocycles. The van der Waals surface area contributed by atoms with Crippen molar-refractivity contribution >= 4 is 21.6 Å². The molecule has 2 aromatic carbocycles. The molecule has 3 nitrogen and oxygen atoms in total. The van der Waals surface area contributed by atoms with Crippen molar-refractivity contribution in [3.63, 3.8) is 0 Å². The standard InChI is InChI=1S/C18H18ClNO2S/c1-3-14-11-20(12-15-10-16(19)6-9-18(14)15)23(21,22)17-7-4-13(2)5-8-17/h3-10,14H,1,11-12H2,2H3. The van der Waals surface area contributed by atoms with Gasteiger partial charge in [-0.3, -0.25) is 0 Å². The van der Waals surface area contributed by atoms with E-state index in [9.17, 15) is 8.42 Å². The van der Waals surface area contributed by atoms with Crippen molar-refractivity contribution in [3.8, 4) is 0 Å². The van der Waals surface area contributed by atoms with Gasteiger partial charge >= 0.3 is 0 Å². The van der Waals surface area contributed by atoms with Crippen LogP contribution in [0, 0.1) is 6.92 Å². The normalized spacial score (nSPS) is 18.4. The van der Waals surface area contributed by atoms with Crippen LogP contribution in [0.25, 0.3) is 0 Å². The van der Waals surface area contributed by atoms with Crippen LogP contribution in [0.4, 0.5) is 0 Å². The fourth-order valence-corrected chi connectivity index (χ4v) is 4.53. The molecule has 0 saturated carbocycles. The number of hydrogen-bond donors (Lipinski definition) is 0. The summed E-state index contributed by atoms with van der Waals surface area (Å²) in [5.41, 5.74) is 3.06. The molecule has 1 atom stereocenters. The van der Waals surface area contributed by atoms with Gasteiger partial charge in [0, 0.05) is 24.0 Å². The number of halogens is 1. The molecule has 0 aromatic heterocycles. The van der Waals surface area contributed by atoms with Gasteiger partial charge in [0.05, 0.1) is 4.90 Å². The van der Waals surface area contributed by atoms with Crippen LogP contribution in [-0.2, 0) is 16.6 Å². The average Bonchev–Trinajstić information content (AvgIpc) is 2.53. The van der Waals surface area contributed by atoms with E-state index in [4.69, 9.17) is 11.6 Å². The SMILES string of the molecule is C=CC1CN(S(=O)(=O)c2ccc(C)cc2)Cc2cc(Cl)ccc21. The molecule has 120 valence electrons. The van der Waals surface area contributed by atoms with E-state index in [1.54, 1.807) is 18.2 Å². The molecule has 0 amide bonds. The van der Waals surface area contributed by atoms with Gasteiger partial charge in [-0.2, -0.15) is 4.31 Å². The number of benzene rings is 2. The second kappa shape index (κ2) is 6.11. The minimum atomic E-state index is -3.53. The van der Waals surface area contributed by atoms with Gasteiger partial charge in [0.15, 0.2) is 0 Å². The second-order valence-electron chi connectivity index (χ2n) is 5.80. The molecule has 0 bridgehead atoms. The summed E-state index contributed by atoms with van der Waals surface area (Å²) < 4.78 is 27.3. The first-order chi connectivity index (χ1) is 10.9. The molecule has 0 spiro atoms. The Morgan fingerprint density at radius 2 is 1.91 bits per heavy atom. The maximum absolute atomic E-state index is 12.9.